The number of carbonyl (C=O) groups is 2. The molecule has 6 nitrogen and oxygen atoms in total. The summed E-state index contributed by atoms with van der Waals surface area (Å²) in [7, 11) is 3.14. The van der Waals surface area contributed by atoms with Crippen LogP contribution in [-0.2, 0) is 9.59 Å². The summed E-state index contributed by atoms with van der Waals surface area (Å²) >= 11 is 6.09. The molecule has 2 atom stereocenters. The summed E-state index contributed by atoms with van der Waals surface area (Å²) in [5.74, 6) is -0.449. The maximum atomic E-state index is 13.4. The van der Waals surface area contributed by atoms with Crippen LogP contribution in [0.15, 0.2) is 66.7 Å². The lowest BCUT2D eigenvalue weighted by molar-refractivity contribution is -0.122. The van der Waals surface area contributed by atoms with Crippen molar-refractivity contribution in [3.8, 4) is 11.5 Å². The van der Waals surface area contributed by atoms with Gasteiger partial charge in [-0.1, -0.05) is 23.7 Å². The molecular formula is C25H22ClFN2O4. The van der Waals surface area contributed by atoms with Gasteiger partial charge in [0.15, 0.2) is 0 Å². The maximum absolute atomic E-state index is 13.4. The number of nitrogens with one attached hydrogen (secondary N) is 1. The Kier molecular flexibility index (Phi) is 6.51. The highest BCUT2D eigenvalue weighted by Crippen LogP contribution is 2.43. The molecule has 33 heavy (non-hydrogen) atoms. The summed E-state index contributed by atoms with van der Waals surface area (Å²) in [5.41, 5.74) is 1.71. The Morgan fingerprint density at radius 2 is 1.61 bits per heavy atom. The number of anilines is 2. The van der Waals surface area contributed by atoms with Crippen LogP contribution in [0.2, 0.25) is 5.02 Å². The van der Waals surface area contributed by atoms with Gasteiger partial charge in [0.1, 0.15) is 17.3 Å². The van der Waals surface area contributed by atoms with Crippen LogP contribution in [-0.4, -0.2) is 26.0 Å². The smallest absolute Gasteiger partial charge is 0.230 e. The molecule has 1 saturated heterocycles. The second kappa shape index (κ2) is 9.50. The lowest BCUT2D eigenvalue weighted by Gasteiger charge is -2.28. The number of hydrogen-bond acceptors (Lipinski definition) is 4. The molecule has 0 radical (unpaired) electrons. The van der Waals surface area contributed by atoms with Crippen LogP contribution in [0.5, 0.6) is 11.5 Å². The third-order valence-corrected chi connectivity index (χ3v) is 5.97. The van der Waals surface area contributed by atoms with Gasteiger partial charge in [0.05, 0.1) is 36.9 Å². The number of rotatable bonds is 6. The molecule has 1 heterocycles. The zero-order chi connectivity index (χ0) is 23.5. The van der Waals surface area contributed by atoms with E-state index < -0.39 is 17.8 Å². The second-order valence-corrected chi connectivity index (χ2v) is 8.01. The second-order valence-electron chi connectivity index (χ2n) is 7.60. The Bertz CT molecular complexity index is 1170. The highest BCUT2D eigenvalue weighted by Gasteiger charge is 2.45. The SMILES string of the molecule is COc1ccc([C@H]2[C@@H](C(=O)Nc3ccc(F)cc3Cl)CC(=O)N2c2ccc(OC)cc2)cc1. The highest BCUT2D eigenvalue weighted by molar-refractivity contribution is 6.33. The quantitative estimate of drug-likeness (QED) is 0.538. The third kappa shape index (κ3) is 4.64. The van der Waals surface area contributed by atoms with Crippen molar-refractivity contribution < 1.29 is 23.5 Å². The third-order valence-electron chi connectivity index (χ3n) is 5.66. The van der Waals surface area contributed by atoms with Gasteiger partial charge in [-0.05, 0) is 60.2 Å². The van der Waals surface area contributed by atoms with Crippen molar-refractivity contribution in [1.82, 2.24) is 0 Å². The van der Waals surface area contributed by atoms with E-state index in [-0.39, 0.29) is 28.9 Å². The van der Waals surface area contributed by atoms with Crippen molar-refractivity contribution >= 4 is 34.8 Å². The monoisotopic (exact) mass is 468 g/mol. The van der Waals surface area contributed by atoms with E-state index in [9.17, 15) is 14.0 Å². The predicted octanol–water partition coefficient (Wildman–Crippen LogP) is 5.23. The molecule has 8 heteroatoms. The first kappa shape index (κ1) is 22.6. The van der Waals surface area contributed by atoms with Gasteiger partial charge in [-0.3, -0.25) is 9.59 Å². The number of nitrogens with zero attached hydrogens (tertiary/aromatic N) is 1. The minimum Gasteiger partial charge on any atom is -0.497 e. The van der Waals surface area contributed by atoms with Crippen molar-refractivity contribution in [3.63, 3.8) is 0 Å². The zero-order valence-electron chi connectivity index (χ0n) is 18.0. The highest BCUT2D eigenvalue weighted by atomic mass is 35.5. The molecule has 0 aliphatic carbocycles. The Labute approximate surface area is 195 Å². The lowest BCUT2D eigenvalue weighted by Crippen LogP contribution is -2.32. The van der Waals surface area contributed by atoms with Crippen LogP contribution in [0.25, 0.3) is 0 Å². The van der Waals surface area contributed by atoms with Gasteiger partial charge in [0, 0.05) is 12.1 Å². The van der Waals surface area contributed by atoms with Crippen molar-refractivity contribution in [2.45, 2.75) is 12.5 Å². The van der Waals surface area contributed by atoms with Gasteiger partial charge in [-0.25, -0.2) is 4.39 Å². The molecule has 1 fully saturated rings. The van der Waals surface area contributed by atoms with Crippen molar-refractivity contribution in [1.29, 1.82) is 0 Å². The molecule has 0 bridgehead atoms. The predicted molar refractivity (Wildman–Crippen MR) is 124 cm³/mol. The van der Waals surface area contributed by atoms with Crippen LogP contribution < -0.4 is 19.7 Å². The molecular weight excluding hydrogens is 447 g/mol. The van der Waals surface area contributed by atoms with Gasteiger partial charge in [0.2, 0.25) is 11.8 Å². The molecule has 0 unspecified atom stereocenters. The van der Waals surface area contributed by atoms with E-state index in [0.717, 1.165) is 11.6 Å². The van der Waals surface area contributed by atoms with E-state index >= 15 is 0 Å². The minimum atomic E-state index is -0.700. The Morgan fingerprint density at radius 3 is 2.18 bits per heavy atom. The standard InChI is InChI=1S/C25H22ClFN2O4/c1-32-18-8-3-15(4-9-18)24-20(25(31)28-22-12-5-16(27)13-21(22)26)14-23(30)29(24)17-6-10-19(33-2)11-7-17/h3-13,20,24H,14H2,1-2H3,(H,28,31)/t20-,24-/m0/s1. The molecule has 170 valence electrons. The molecule has 0 aromatic heterocycles. The number of hydrogen-bond donors (Lipinski definition) is 1. The number of ether oxygens (including phenoxy) is 2. The van der Waals surface area contributed by atoms with Crippen molar-refractivity contribution in [3.05, 3.63) is 83.1 Å². The molecule has 3 aromatic rings. The molecule has 1 N–H and O–H groups in total. The Hall–Kier alpha value is -3.58. The fraction of sp³-hybridized carbons (Fsp3) is 0.200. The molecule has 0 saturated carbocycles. The zero-order valence-corrected chi connectivity index (χ0v) is 18.8. The van der Waals surface area contributed by atoms with Gasteiger partial charge in [-0.2, -0.15) is 0 Å². The van der Waals surface area contributed by atoms with E-state index in [1.807, 2.05) is 12.1 Å². The molecule has 4 rings (SSSR count). The number of methoxy groups -OCH3 is 2. The summed E-state index contributed by atoms with van der Waals surface area (Å²) < 4.78 is 23.9. The number of amides is 2. The topological polar surface area (TPSA) is 67.9 Å². The number of carbonyl (C=O) groups excluding carboxylic acids is 2. The maximum Gasteiger partial charge on any atom is 0.230 e. The van der Waals surface area contributed by atoms with Crippen molar-refractivity contribution in [2.24, 2.45) is 5.92 Å². The summed E-state index contributed by atoms with van der Waals surface area (Å²) in [4.78, 5) is 28.0. The van der Waals surface area contributed by atoms with Crippen LogP contribution >= 0.6 is 11.6 Å². The van der Waals surface area contributed by atoms with E-state index in [4.69, 9.17) is 21.1 Å². The normalized spacial score (nSPS) is 17.7. The first-order chi connectivity index (χ1) is 15.9. The molecule has 1 aliphatic rings. The first-order valence-electron chi connectivity index (χ1n) is 10.3. The average molecular weight is 469 g/mol. The fourth-order valence-electron chi connectivity index (χ4n) is 4.02. The van der Waals surface area contributed by atoms with Gasteiger partial charge in [0.25, 0.3) is 0 Å². The van der Waals surface area contributed by atoms with Crippen LogP contribution in [0.1, 0.15) is 18.0 Å². The van der Waals surface area contributed by atoms with Gasteiger partial charge in [-0.15, -0.1) is 0 Å². The van der Waals surface area contributed by atoms with Crippen molar-refractivity contribution in [2.75, 3.05) is 24.4 Å². The molecule has 3 aromatic carbocycles. The van der Waals surface area contributed by atoms with E-state index in [1.165, 1.54) is 12.1 Å². The van der Waals surface area contributed by atoms with Gasteiger partial charge < -0.3 is 19.7 Å². The number of benzene rings is 3. The van der Waals surface area contributed by atoms with Crippen LogP contribution in [0.4, 0.5) is 15.8 Å². The molecule has 2 amide bonds. The summed E-state index contributed by atoms with van der Waals surface area (Å²) in [6.45, 7) is 0. The first-order valence-corrected chi connectivity index (χ1v) is 10.6. The Balaban J connectivity index is 1.71. The van der Waals surface area contributed by atoms with Crippen LogP contribution in [0, 0.1) is 11.7 Å². The summed E-state index contributed by atoms with van der Waals surface area (Å²) in [5, 5.41) is 2.84. The van der Waals surface area contributed by atoms with E-state index in [2.05, 4.69) is 5.32 Å². The van der Waals surface area contributed by atoms with E-state index in [1.54, 1.807) is 55.5 Å². The summed E-state index contributed by atoms with van der Waals surface area (Å²) in [6.07, 6.45) is 0.00731. The van der Waals surface area contributed by atoms with Gasteiger partial charge >= 0.3 is 0 Å². The number of halogens is 2. The molecule has 1 aliphatic heterocycles. The lowest BCUT2D eigenvalue weighted by atomic mass is 9.92. The molecule has 0 spiro atoms. The van der Waals surface area contributed by atoms with Crippen LogP contribution in [0.3, 0.4) is 0 Å². The van der Waals surface area contributed by atoms with E-state index in [0.29, 0.717) is 17.2 Å². The fourth-order valence-corrected chi connectivity index (χ4v) is 4.23. The summed E-state index contributed by atoms with van der Waals surface area (Å²) in [6, 6.07) is 17.5. The minimum absolute atomic E-state index is 0.00731. The Morgan fingerprint density at radius 1 is 1.00 bits per heavy atom. The average Bonchev–Trinajstić information content (AvgIpc) is 3.18. The largest absolute Gasteiger partial charge is 0.497 e.